The third-order valence-electron chi connectivity index (χ3n) is 5.24. The molecule has 0 radical (unpaired) electrons. The molecule has 1 aliphatic carbocycles. The number of rotatable bonds is 6. The highest BCUT2D eigenvalue weighted by Crippen LogP contribution is 2.54. The lowest BCUT2D eigenvalue weighted by atomic mass is 9.75. The summed E-state index contributed by atoms with van der Waals surface area (Å²) in [5, 5.41) is 0.176. The Kier molecular flexibility index (Phi) is 6.17. The van der Waals surface area contributed by atoms with Gasteiger partial charge in [0.25, 0.3) is 0 Å². The smallest absolute Gasteiger partial charge is 0.192 e. The van der Waals surface area contributed by atoms with Crippen LogP contribution in [0.1, 0.15) is 34.6 Å². The quantitative estimate of drug-likeness (QED) is 0.244. The Morgan fingerprint density at radius 2 is 1.91 bits per heavy atom. The van der Waals surface area contributed by atoms with Crippen LogP contribution in [0.25, 0.3) is 0 Å². The topological polar surface area (TPSA) is 27.7 Å². The second kappa shape index (κ2) is 6.67. The van der Waals surface area contributed by atoms with Crippen molar-refractivity contribution in [3.05, 3.63) is 22.3 Å². The monoisotopic (exact) mass is 438 g/mol. The maximum Gasteiger partial charge on any atom is 0.192 e. The van der Waals surface area contributed by atoms with Gasteiger partial charge in [-0.25, -0.2) is 0 Å². The van der Waals surface area contributed by atoms with Gasteiger partial charge in [0.1, 0.15) is 12.4 Å². The van der Waals surface area contributed by atoms with Crippen molar-refractivity contribution in [3.63, 3.8) is 0 Å². The first-order valence-electron chi connectivity index (χ1n) is 7.68. The summed E-state index contributed by atoms with van der Waals surface area (Å²) in [5.74, 6) is 0. The van der Waals surface area contributed by atoms with Crippen molar-refractivity contribution in [2.75, 3.05) is 13.9 Å². The summed E-state index contributed by atoms with van der Waals surface area (Å²) in [5.41, 5.74) is -0.796. The van der Waals surface area contributed by atoms with Gasteiger partial charge in [-0.3, -0.25) is 0 Å². The fourth-order valence-corrected chi connectivity index (χ4v) is 5.23. The molecule has 0 N–H and O–H groups in total. The molecule has 3 nitrogen and oxygen atoms in total. The van der Waals surface area contributed by atoms with Crippen LogP contribution in [-0.4, -0.2) is 33.9 Å². The number of halogens is 1. The summed E-state index contributed by atoms with van der Waals surface area (Å²) in [7, 11) is -0.226. The van der Waals surface area contributed by atoms with Crippen molar-refractivity contribution in [2.45, 2.75) is 64.5 Å². The Morgan fingerprint density at radius 1 is 1.36 bits per heavy atom. The van der Waals surface area contributed by atoms with E-state index in [1.807, 2.05) is 6.08 Å². The van der Waals surface area contributed by atoms with E-state index >= 15 is 0 Å². The second-order valence-corrected chi connectivity index (χ2v) is 13.9. The minimum Gasteiger partial charge on any atom is -0.410 e. The van der Waals surface area contributed by atoms with E-state index in [1.54, 1.807) is 7.11 Å². The van der Waals surface area contributed by atoms with Crippen LogP contribution < -0.4 is 0 Å². The summed E-state index contributed by atoms with van der Waals surface area (Å²) in [6.45, 7) is 20.0. The maximum absolute atomic E-state index is 6.68. The largest absolute Gasteiger partial charge is 0.410 e. The molecule has 0 saturated carbocycles. The van der Waals surface area contributed by atoms with Gasteiger partial charge < -0.3 is 13.9 Å². The Hall–Kier alpha value is 0.307. The molecule has 0 heterocycles. The first-order valence-corrected chi connectivity index (χ1v) is 11.7. The second-order valence-electron chi connectivity index (χ2n) is 8.03. The zero-order valence-corrected chi connectivity index (χ0v) is 18.4. The third-order valence-corrected chi connectivity index (χ3v) is 10.9. The molecule has 2 atom stereocenters. The predicted molar refractivity (Wildman–Crippen MR) is 104 cm³/mol. The van der Waals surface area contributed by atoms with E-state index in [1.165, 1.54) is 0 Å². The average molecular weight is 438 g/mol. The van der Waals surface area contributed by atoms with E-state index in [4.69, 9.17) is 13.9 Å². The summed E-state index contributed by atoms with van der Waals surface area (Å²) in [6.07, 6.45) is 4.09. The van der Waals surface area contributed by atoms with Crippen LogP contribution in [0.15, 0.2) is 22.3 Å². The summed E-state index contributed by atoms with van der Waals surface area (Å²) >= 11 is 2.34. The van der Waals surface area contributed by atoms with Crippen molar-refractivity contribution in [1.82, 2.24) is 0 Å². The Morgan fingerprint density at radius 3 is 2.32 bits per heavy atom. The first kappa shape index (κ1) is 20.4. The van der Waals surface area contributed by atoms with Gasteiger partial charge in [0.2, 0.25) is 0 Å². The van der Waals surface area contributed by atoms with E-state index in [0.29, 0.717) is 0 Å². The van der Waals surface area contributed by atoms with Gasteiger partial charge >= 0.3 is 0 Å². The van der Waals surface area contributed by atoms with Crippen LogP contribution in [0.4, 0.5) is 0 Å². The molecular weight excluding hydrogens is 407 g/mol. The zero-order chi connectivity index (χ0) is 17.4. The molecule has 0 amide bonds. The minimum atomic E-state index is -1.86. The fraction of sp³-hybridized carbons (Fsp3) is 0.765. The van der Waals surface area contributed by atoms with Crippen LogP contribution in [0, 0.1) is 5.41 Å². The molecule has 1 rings (SSSR count). The fourth-order valence-electron chi connectivity index (χ4n) is 2.49. The lowest BCUT2D eigenvalue weighted by molar-refractivity contribution is -0.141. The van der Waals surface area contributed by atoms with Crippen LogP contribution in [-0.2, 0) is 13.9 Å². The molecule has 0 aliphatic heterocycles. The third kappa shape index (κ3) is 3.38. The van der Waals surface area contributed by atoms with E-state index in [0.717, 1.165) is 3.58 Å². The summed E-state index contributed by atoms with van der Waals surface area (Å²) < 4.78 is 19.0. The molecule has 0 spiro atoms. The SMILES string of the molecule is C=C[C@@]1(OCOC)C(I)=C[C@H](O[Si](C)(C)C(C)(C)C)C1(C)C. The Balaban J connectivity index is 3.14. The van der Waals surface area contributed by atoms with Crippen molar-refractivity contribution >= 4 is 30.9 Å². The molecule has 0 unspecified atom stereocenters. The van der Waals surface area contributed by atoms with Crippen LogP contribution in [0.2, 0.25) is 18.1 Å². The minimum absolute atomic E-state index is 0.00940. The molecule has 0 fully saturated rings. The molecule has 128 valence electrons. The van der Waals surface area contributed by atoms with Crippen molar-refractivity contribution in [3.8, 4) is 0 Å². The van der Waals surface area contributed by atoms with Crippen molar-refractivity contribution in [2.24, 2.45) is 5.41 Å². The van der Waals surface area contributed by atoms with Gasteiger partial charge in [-0.15, -0.1) is 0 Å². The lowest BCUT2D eigenvalue weighted by Crippen LogP contribution is -2.52. The molecule has 1 aliphatic rings. The number of hydrogen-bond donors (Lipinski definition) is 0. The van der Waals surface area contributed by atoms with Crippen LogP contribution in [0.3, 0.4) is 0 Å². The van der Waals surface area contributed by atoms with Gasteiger partial charge in [-0.1, -0.05) is 47.3 Å². The van der Waals surface area contributed by atoms with Gasteiger partial charge in [0.15, 0.2) is 8.32 Å². The molecule has 0 saturated heterocycles. The normalized spacial score (nSPS) is 28.6. The van der Waals surface area contributed by atoms with Crippen LogP contribution >= 0.6 is 22.6 Å². The van der Waals surface area contributed by atoms with Crippen LogP contribution in [0.5, 0.6) is 0 Å². The zero-order valence-electron chi connectivity index (χ0n) is 15.2. The molecule has 0 aromatic rings. The van der Waals surface area contributed by atoms with Crippen molar-refractivity contribution in [1.29, 1.82) is 0 Å². The molecule has 22 heavy (non-hydrogen) atoms. The standard InChI is InChI=1S/C17H31IO3Si/c1-10-17(20-12-19-7)13(18)11-14(16(17,5)6)21-22(8,9)15(2,3)4/h10-11,14H,1,12H2,2-9H3/t14-,17+/m0/s1. The molecule has 0 aromatic carbocycles. The van der Waals surface area contributed by atoms with Gasteiger partial charge in [0.05, 0.1) is 6.10 Å². The van der Waals surface area contributed by atoms with Gasteiger partial charge in [0, 0.05) is 16.1 Å². The van der Waals surface area contributed by atoms with Crippen molar-refractivity contribution < 1.29 is 13.9 Å². The molecule has 0 bridgehead atoms. The Labute approximate surface area is 150 Å². The van der Waals surface area contributed by atoms with E-state index < -0.39 is 13.9 Å². The first-order chi connectivity index (χ1) is 9.85. The predicted octanol–water partition coefficient (Wildman–Crippen LogP) is 5.28. The summed E-state index contributed by atoms with van der Waals surface area (Å²) in [6, 6.07) is 0. The lowest BCUT2D eigenvalue weighted by Gasteiger charge is -2.46. The van der Waals surface area contributed by atoms with E-state index in [9.17, 15) is 0 Å². The summed E-state index contributed by atoms with van der Waals surface area (Å²) in [4.78, 5) is 0. The van der Waals surface area contributed by atoms with E-state index in [2.05, 4.69) is 83.0 Å². The van der Waals surface area contributed by atoms with Gasteiger partial charge in [-0.2, -0.15) is 0 Å². The highest BCUT2D eigenvalue weighted by Gasteiger charge is 2.57. The molecule has 5 heteroatoms. The van der Waals surface area contributed by atoms with Gasteiger partial charge in [-0.05, 0) is 46.8 Å². The Bertz CT molecular complexity index is 451. The molecular formula is C17H31IO3Si. The van der Waals surface area contributed by atoms with E-state index in [-0.39, 0.29) is 23.4 Å². The highest BCUT2D eigenvalue weighted by molar-refractivity contribution is 14.1. The average Bonchev–Trinajstić information content (AvgIpc) is 2.54. The molecule has 0 aromatic heterocycles. The number of methoxy groups -OCH3 is 1. The number of hydrogen-bond acceptors (Lipinski definition) is 3. The number of ether oxygens (including phenoxy) is 2. The highest BCUT2D eigenvalue weighted by atomic mass is 127. The maximum atomic E-state index is 6.68.